The molecular weight excluding hydrogens is 233 g/mol. The van der Waals surface area contributed by atoms with E-state index in [1.54, 1.807) is 18.2 Å². The SMILES string of the molecule is [N-]=[N+]=NCCC=Cc1c(Cl)cccc1Cl. The Hall–Kier alpha value is -1.15. The van der Waals surface area contributed by atoms with Crippen molar-refractivity contribution in [3.8, 4) is 0 Å². The molecule has 0 radical (unpaired) electrons. The Morgan fingerprint density at radius 1 is 1.33 bits per heavy atom. The molecule has 78 valence electrons. The third-order valence-electron chi connectivity index (χ3n) is 1.74. The van der Waals surface area contributed by atoms with Gasteiger partial charge >= 0.3 is 0 Å². The summed E-state index contributed by atoms with van der Waals surface area (Å²) in [6, 6.07) is 5.35. The molecule has 0 heterocycles. The normalized spacial score (nSPS) is 10.3. The second-order valence-electron chi connectivity index (χ2n) is 2.78. The zero-order chi connectivity index (χ0) is 11.1. The van der Waals surface area contributed by atoms with E-state index in [0.717, 1.165) is 5.56 Å². The lowest BCUT2D eigenvalue weighted by Gasteiger charge is -2.00. The van der Waals surface area contributed by atoms with Crippen LogP contribution in [-0.4, -0.2) is 6.54 Å². The highest BCUT2D eigenvalue weighted by Crippen LogP contribution is 2.25. The Kier molecular flexibility index (Phi) is 5.05. The van der Waals surface area contributed by atoms with E-state index in [1.165, 1.54) is 0 Å². The molecule has 0 spiro atoms. The number of nitrogens with zero attached hydrogens (tertiary/aromatic N) is 3. The van der Waals surface area contributed by atoms with Gasteiger partial charge in [0, 0.05) is 27.1 Å². The predicted octanol–water partition coefficient (Wildman–Crippen LogP) is 4.71. The summed E-state index contributed by atoms with van der Waals surface area (Å²) in [5.74, 6) is 0. The van der Waals surface area contributed by atoms with Crippen LogP contribution in [0.4, 0.5) is 0 Å². The second-order valence-corrected chi connectivity index (χ2v) is 3.60. The molecule has 0 unspecified atom stereocenters. The highest BCUT2D eigenvalue weighted by atomic mass is 35.5. The van der Waals surface area contributed by atoms with E-state index in [4.69, 9.17) is 28.7 Å². The average molecular weight is 242 g/mol. The van der Waals surface area contributed by atoms with Gasteiger partial charge in [0.05, 0.1) is 0 Å². The molecule has 0 aromatic heterocycles. The Bertz CT molecular complexity index is 389. The van der Waals surface area contributed by atoms with Gasteiger partial charge in [-0.1, -0.05) is 46.5 Å². The molecule has 0 amide bonds. The first-order chi connectivity index (χ1) is 7.25. The van der Waals surface area contributed by atoms with Gasteiger partial charge in [0.2, 0.25) is 0 Å². The van der Waals surface area contributed by atoms with Crippen LogP contribution in [-0.2, 0) is 0 Å². The largest absolute Gasteiger partial charge is 0.0937 e. The van der Waals surface area contributed by atoms with Crippen LogP contribution in [0, 0.1) is 0 Å². The molecule has 3 nitrogen and oxygen atoms in total. The van der Waals surface area contributed by atoms with Crippen molar-refractivity contribution >= 4 is 29.3 Å². The van der Waals surface area contributed by atoms with E-state index >= 15 is 0 Å². The van der Waals surface area contributed by atoms with Gasteiger partial charge in [0.1, 0.15) is 0 Å². The summed E-state index contributed by atoms with van der Waals surface area (Å²) in [5.41, 5.74) is 8.86. The summed E-state index contributed by atoms with van der Waals surface area (Å²) in [6.07, 6.45) is 4.38. The molecule has 0 saturated carbocycles. The molecule has 1 aromatic rings. The lowest BCUT2D eigenvalue weighted by atomic mass is 10.2. The number of benzene rings is 1. The van der Waals surface area contributed by atoms with E-state index in [0.29, 0.717) is 23.0 Å². The van der Waals surface area contributed by atoms with Crippen LogP contribution in [0.5, 0.6) is 0 Å². The van der Waals surface area contributed by atoms with Crippen LogP contribution < -0.4 is 0 Å². The highest BCUT2D eigenvalue weighted by Gasteiger charge is 1.99. The molecular formula is C10H9Cl2N3. The fraction of sp³-hybridized carbons (Fsp3) is 0.200. The number of hydrogen-bond donors (Lipinski definition) is 0. The fourth-order valence-corrected chi connectivity index (χ4v) is 1.57. The summed E-state index contributed by atoms with van der Waals surface area (Å²) < 4.78 is 0. The second kappa shape index (κ2) is 6.36. The monoisotopic (exact) mass is 241 g/mol. The summed E-state index contributed by atoms with van der Waals surface area (Å²) >= 11 is 11.9. The number of rotatable bonds is 4. The Morgan fingerprint density at radius 3 is 2.60 bits per heavy atom. The van der Waals surface area contributed by atoms with Crippen LogP contribution in [0.2, 0.25) is 10.0 Å². The van der Waals surface area contributed by atoms with E-state index < -0.39 is 0 Å². The molecule has 0 atom stereocenters. The summed E-state index contributed by atoms with van der Waals surface area (Å²) in [7, 11) is 0. The summed E-state index contributed by atoms with van der Waals surface area (Å²) in [4.78, 5) is 2.65. The number of azide groups is 1. The molecule has 5 heteroatoms. The minimum atomic E-state index is 0.440. The van der Waals surface area contributed by atoms with Crippen LogP contribution in [0.1, 0.15) is 12.0 Å². The molecule has 1 aromatic carbocycles. The molecule has 15 heavy (non-hydrogen) atoms. The van der Waals surface area contributed by atoms with E-state index in [-0.39, 0.29) is 0 Å². The molecule has 0 saturated heterocycles. The van der Waals surface area contributed by atoms with E-state index in [2.05, 4.69) is 10.0 Å². The third-order valence-corrected chi connectivity index (χ3v) is 2.40. The van der Waals surface area contributed by atoms with Crippen molar-refractivity contribution in [3.05, 3.63) is 50.3 Å². The van der Waals surface area contributed by atoms with Crippen LogP contribution in [0.3, 0.4) is 0 Å². The summed E-state index contributed by atoms with van der Waals surface area (Å²) in [5, 5.41) is 4.64. The predicted molar refractivity (Wildman–Crippen MR) is 64.1 cm³/mol. The maximum absolute atomic E-state index is 8.06. The lowest BCUT2D eigenvalue weighted by Crippen LogP contribution is -1.78. The zero-order valence-corrected chi connectivity index (χ0v) is 9.41. The first-order valence-electron chi connectivity index (χ1n) is 4.37. The van der Waals surface area contributed by atoms with E-state index in [1.807, 2.05) is 12.2 Å². The van der Waals surface area contributed by atoms with Gasteiger partial charge in [0.25, 0.3) is 0 Å². The van der Waals surface area contributed by atoms with Crippen LogP contribution in [0.25, 0.3) is 16.5 Å². The fourth-order valence-electron chi connectivity index (χ4n) is 1.05. The maximum Gasteiger partial charge on any atom is 0.0493 e. The molecule has 0 aliphatic rings. The average Bonchev–Trinajstić information content (AvgIpc) is 2.21. The first-order valence-corrected chi connectivity index (χ1v) is 5.12. The molecule has 0 N–H and O–H groups in total. The number of hydrogen-bond acceptors (Lipinski definition) is 1. The van der Waals surface area contributed by atoms with Crippen molar-refractivity contribution in [1.82, 2.24) is 0 Å². The first kappa shape index (κ1) is 11.9. The standard InChI is InChI=1S/C10H9Cl2N3/c11-9-5-3-6-10(12)8(9)4-1-2-7-14-15-13/h1,3-6H,2,7H2. The molecule has 1 rings (SSSR count). The van der Waals surface area contributed by atoms with Crippen molar-refractivity contribution in [2.45, 2.75) is 6.42 Å². The van der Waals surface area contributed by atoms with Gasteiger partial charge in [-0.05, 0) is 24.1 Å². The zero-order valence-electron chi connectivity index (χ0n) is 7.90. The number of halogens is 2. The maximum atomic E-state index is 8.06. The smallest absolute Gasteiger partial charge is 0.0493 e. The van der Waals surface area contributed by atoms with Crippen molar-refractivity contribution in [2.75, 3.05) is 6.54 Å². The quantitative estimate of drug-likeness (QED) is 0.318. The van der Waals surface area contributed by atoms with Crippen molar-refractivity contribution in [1.29, 1.82) is 0 Å². The van der Waals surface area contributed by atoms with Crippen LogP contribution >= 0.6 is 23.2 Å². The van der Waals surface area contributed by atoms with Gasteiger partial charge < -0.3 is 0 Å². The Morgan fingerprint density at radius 2 is 2.00 bits per heavy atom. The van der Waals surface area contributed by atoms with Crippen molar-refractivity contribution in [3.63, 3.8) is 0 Å². The molecule has 0 aliphatic heterocycles. The third kappa shape index (κ3) is 3.84. The van der Waals surface area contributed by atoms with Gasteiger partial charge in [-0.2, -0.15) is 0 Å². The van der Waals surface area contributed by atoms with Crippen molar-refractivity contribution in [2.24, 2.45) is 5.11 Å². The van der Waals surface area contributed by atoms with Gasteiger partial charge in [-0.15, -0.1) is 0 Å². The minimum absolute atomic E-state index is 0.440. The molecule has 0 aliphatic carbocycles. The van der Waals surface area contributed by atoms with Gasteiger partial charge in [-0.3, -0.25) is 0 Å². The molecule has 0 bridgehead atoms. The lowest BCUT2D eigenvalue weighted by molar-refractivity contribution is 0.996. The van der Waals surface area contributed by atoms with Gasteiger partial charge in [0.15, 0.2) is 0 Å². The van der Waals surface area contributed by atoms with Crippen molar-refractivity contribution < 1.29 is 0 Å². The Balaban J connectivity index is 2.67. The Labute approximate surface area is 97.9 Å². The minimum Gasteiger partial charge on any atom is -0.0937 e. The van der Waals surface area contributed by atoms with E-state index in [9.17, 15) is 0 Å². The highest BCUT2D eigenvalue weighted by molar-refractivity contribution is 6.37. The van der Waals surface area contributed by atoms with Gasteiger partial charge in [-0.25, -0.2) is 0 Å². The topological polar surface area (TPSA) is 48.8 Å². The molecule has 0 fully saturated rings. The summed E-state index contributed by atoms with van der Waals surface area (Å²) in [6.45, 7) is 0.440. The van der Waals surface area contributed by atoms with Crippen LogP contribution in [0.15, 0.2) is 29.4 Å².